The summed E-state index contributed by atoms with van der Waals surface area (Å²) in [6.45, 7) is 7.66. The first-order valence-electron chi connectivity index (χ1n) is 6.58. The van der Waals surface area contributed by atoms with Gasteiger partial charge in [-0.1, -0.05) is 0 Å². The van der Waals surface area contributed by atoms with E-state index in [1.807, 2.05) is 49.8 Å². The fourth-order valence-corrected chi connectivity index (χ4v) is 2.00. The van der Waals surface area contributed by atoms with Crippen molar-refractivity contribution in [1.82, 2.24) is 4.90 Å². The Labute approximate surface area is 115 Å². The fraction of sp³-hybridized carbons (Fsp3) is 0.467. The van der Waals surface area contributed by atoms with Crippen molar-refractivity contribution in [1.29, 1.82) is 0 Å². The molecule has 4 heteroatoms. The molecule has 0 N–H and O–H groups in total. The summed E-state index contributed by atoms with van der Waals surface area (Å²) in [5, 5.41) is 0. The molecule has 0 unspecified atom stereocenters. The quantitative estimate of drug-likeness (QED) is 0.737. The van der Waals surface area contributed by atoms with Crippen LogP contribution in [0.4, 0.5) is 5.69 Å². The molecule has 0 spiro atoms. The standard InChI is InChI=1S/C15H22N2O2/c1-5-17(6-2)15(19)10-16(4)14-8-7-13(11-18)12(3)9-14/h7-9,11H,5-6,10H2,1-4H3. The van der Waals surface area contributed by atoms with Crippen LogP contribution in [0.15, 0.2) is 18.2 Å². The van der Waals surface area contributed by atoms with Gasteiger partial charge in [-0.3, -0.25) is 9.59 Å². The molecule has 1 rings (SSSR count). The first kappa shape index (κ1) is 15.2. The molecule has 1 aromatic rings. The summed E-state index contributed by atoms with van der Waals surface area (Å²) in [7, 11) is 1.89. The van der Waals surface area contributed by atoms with Gasteiger partial charge in [0.05, 0.1) is 6.54 Å². The number of benzene rings is 1. The summed E-state index contributed by atoms with van der Waals surface area (Å²) in [6, 6.07) is 5.58. The summed E-state index contributed by atoms with van der Waals surface area (Å²) < 4.78 is 0. The minimum atomic E-state index is 0.115. The Hall–Kier alpha value is -1.84. The Morgan fingerprint density at radius 3 is 2.37 bits per heavy atom. The van der Waals surface area contributed by atoms with Crippen molar-refractivity contribution in [2.24, 2.45) is 0 Å². The summed E-state index contributed by atoms with van der Waals surface area (Å²) >= 11 is 0. The van der Waals surface area contributed by atoms with E-state index in [9.17, 15) is 9.59 Å². The van der Waals surface area contributed by atoms with Crippen LogP contribution in [0.25, 0.3) is 0 Å². The van der Waals surface area contributed by atoms with Crippen molar-refractivity contribution in [2.45, 2.75) is 20.8 Å². The second-order valence-electron chi connectivity index (χ2n) is 4.58. The van der Waals surface area contributed by atoms with Gasteiger partial charge in [-0.15, -0.1) is 0 Å². The molecule has 104 valence electrons. The van der Waals surface area contributed by atoms with Gasteiger partial charge in [-0.2, -0.15) is 0 Å². The van der Waals surface area contributed by atoms with Crippen LogP contribution in [0.1, 0.15) is 29.8 Å². The van der Waals surface area contributed by atoms with Crippen LogP contribution < -0.4 is 4.90 Å². The van der Waals surface area contributed by atoms with E-state index in [0.29, 0.717) is 12.1 Å². The zero-order valence-electron chi connectivity index (χ0n) is 12.1. The molecule has 0 aromatic heterocycles. The van der Waals surface area contributed by atoms with Gasteiger partial charge in [0.25, 0.3) is 0 Å². The predicted molar refractivity (Wildman–Crippen MR) is 77.8 cm³/mol. The van der Waals surface area contributed by atoms with Gasteiger partial charge in [-0.25, -0.2) is 0 Å². The summed E-state index contributed by atoms with van der Waals surface area (Å²) in [6.07, 6.45) is 0.847. The number of aldehydes is 1. The highest BCUT2D eigenvalue weighted by Gasteiger charge is 2.13. The van der Waals surface area contributed by atoms with Crippen molar-refractivity contribution < 1.29 is 9.59 Å². The first-order chi connectivity index (χ1) is 9.03. The molecule has 4 nitrogen and oxygen atoms in total. The fourth-order valence-electron chi connectivity index (χ4n) is 2.00. The number of carbonyl (C=O) groups excluding carboxylic acids is 2. The molecule has 0 saturated heterocycles. The van der Waals surface area contributed by atoms with Crippen LogP contribution in [0, 0.1) is 6.92 Å². The van der Waals surface area contributed by atoms with E-state index in [0.717, 1.165) is 30.6 Å². The number of likely N-dealkylation sites (N-methyl/N-ethyl adjacent to an activating group) is 2. The van der Waals surface area contributed by atoms with E-state index in [4.69, 9.17) is 0 Å². The number of nitrogens with zero attached hydrogens (tertiary/aromatic N) is 2. The molecule has 0 aliphatic heterocycles. The monoisotopic (exact) mass is 262 g/mol. The highest BCUT2D eigenvalue weighted by molar-refractivity contribution is 5.82. The Morgan fingerprint density at radius 1 is 1.26 bits per heavy atom. The van der Waals surface area contributed by atoms with Gasteiger partial charge >= 0.3 is 0 Å². The second kappa shape index (κ2) is 6.92. The average molecular weight is 262 g/mol. The average Bonchev–Trinajstić information content (AvgIpc) is 2.39. The van der Waals surface area contributed by atoms with Crippen molar-refractivity contribution in [3.05, 3.63) is 29.3 Å². The van der Waals surface area contributed by atoms with Crippen molar-refractivity contribution in [3.8, 4) is 0 Å². The van der Waals surface area contributed by atoms with E-state index in [2.05, 4.69) is 0 Å². The van der Waals surface area contributed by atoms with Crippen LogP contribution in [0.2, 0.25) is 0 Å². The summed E-state index contributed by atoms with van der Waals surface area (Å²) in [4.78, 5) is 26.5. The molecule has 1 amide bonds. The normalized spacial score (nSPS) is 10.1. The maximum Gasteiger partial charge on any atom is 0.242 e. The predicted octanol–water partition coefficient (Wildman–Crippen LogP) is 2.11. The minimum Gasteiger partial charge on any atom is -0.365 e. The Balaban J connectivity index is 2.78. The van der Waals surface area contributed by atoms with E-state index < -0.39 is 0 Å². The van der Waals surface area contributed by atoms with Crippen LogP contribution >= 0.6 is 0 Å². The molecule has 0 radical (unpaired) electrons. The lowest BCUT2D eigenvalue weighted by molar-refractivity contribution is -0.129. The molecule has 0 bridgehead atoms. The van der Waals surface area contributed by atoms with E-state index >= 15 is 0 Å². The lowest BCUT2D eigenvalue weighted by Crippen LogP contribution is -2.38. The van der Waals surface area contributed by atoms with Gasteiger partial charge in [0, 0.05) is 31.4 Å². The van der Waals surface area contributed by atoms with Gasteiger partial charge < -0.3 is 9.80 Å². The second-order valence-corrected chi connectivity index (χ2v) is 4.58. The molecular weight excluding hydrogens is 240 g/mol. The molecular formula is C15H22N2O2. The molecule has 0 heterocycles. The highest BCUT2D eigenvalue weighted by atomic mass is 16.2. The molecule has 0 atom stereocenters. The summed E-state index contributed by atoms with van der Waals surface area (Å²) in [5.41, 5.74) is 2.56. The number of rotatable bonds is 6. The SMILES string of the molecule is CCN(CC)C(=O)CN(C)c1ccc(C=O)c(C)c1. The lowest BCUT2D eigenvalue weighted by atomic mass is 10.1. The number of hydrogen-bond acceptors (Lipinski definition) is 3. The van der Waals surface area contributed by atoms with Gasteiger partial charge in [-0.05, 0) is 44.5 Å². The van der Waals surface area contributed by atoms with E-state index in [1.54, 1.807) is 6.07 Å². The molecule has 0 aliphatic carbocycles. The number of amides is 1. The van der Waals surface area contributed by atoms with E-state index in [-0.39, 0.29) is 5.91 Å². The van der Waals surface area contributed by atoms with Crippen LogP contribution in [0.3, 0.4) is 0 Å². The van der Waals surface area contributed by atoms with Crippen LogP contribution in [-0.2, 0) is 4.79 Å². The number of aryl methyl sites for hydroxylation is 1. The topological polar surface area (TPSA) is 40.6 Å². The van der Waals surface area contributed by atoms with E-state index in [1.165, 1.54) is 0 Å². The molecule has 0 aliphatic rings. The molecule has 0 saturated carbocycles. The van der Waals surface area contributed by atoms with Gasteiger partial charge in [0.2, 0.25) is 5.91 Å². The Bertz CT molecular complexity index is 453. The molecule has 19 heavy (non-hydrogen) atoms. The third-order valence-electron chi connectivity index (χ3n) is 3.31. The van der Waals surface area contributed by atoms with Crippen molar-refractivity contribution in [3.63, 3.8) is 0 Å². The van der Waals surface area contributed by atoms with Crippen LogP contribution in [0.5, 0.6) is 0 Å². The molecule has 1 aromatic carbocycles. The Morgan fingerprint density at radius 2 is 1.89 bits per heavy atom. The third-order valence-corrected chi connectivity index (χ3v) is 3.31. The highest BCUT2D eigenvalue weighted by Crippen LogP contribution is 2.17. The third kappa shape index (κ3) is 3.81. The van der Waals surface area contributed by atoms with Crippen LogP contribution in [-0.4, -0.2) is 43.8 Å². The van der Waals surface area contributed by atoms with Crippen molar-refractivity contribution >= 4 is 17.9 Å². The number of anilines is 1. The smallest absolute Gasteiger partial charge is 0.242 e. The van der Waals surface area contributed by atoms with Gasteiger partial charge in [0.15, 0.2) is 0 Å². The Kier molecular flexibility index (Phi) is 5.55. The van der Waals surface area contributed by atoms with Gasteiger partial charge in [0.1, 0.15) is 6.29 Å². The number of hydrogen-bond donors (Lipinski definition) is 0. The first-order valence-corrected chi connectivity index (χ1v) is 6.58. The number of carbonyl (C=O) groups is 2. The zero-order chi connectivity index (χ0) is 14.4. The van der Waals surface area contributed by atoms with Crippen molar-refractivity contribution in [2.75, 3.05) is 31.6 Å². The maximum absolute atomic E-state index is 12.0. The molecule has 0 fully saturated rings. The summed E-state index contributed by atoms with van der Waals surface area (Å²) in [5.74, 6) is 0.115. The largest absolute Gasteiger partial charge is 0.365 e. The minimum absolute atomic E-state index is 0.115. The zero-order valence-corrected chi connectivity index (χ0v) is 12.1. The lowest BCUT2D eigenvalue weighted by Gasteiger charge is -2.24. The maximum atomic E-state index is 12.0.